The maximum Gasteiger partial charge on any atom is 0.416 e. The summed E-state index contributed by atoms with van der Waals surface area (Å²) in [6.07, 6.45) is -3.62. The van der Waals surface area contributed by atoms with E-state index in [1.165, 1.54) is 6.07 Å². The number of aromatic nitrogens is 2. The lowest BCUT2D eigenvalue weighted by Crippen LogP contribution is -2.14. The lowest BCUT2D eigenvalue weighted by Gasteiger charge is -2.10. The lowest BCUT2D eigenvalue weighted by atomic mass is 10.0. The van der Waals surface area contributed by atoms with Crippen LogP contribution >= 0.6 is 0 Å². The Kier molecular flexibility index (Phi) is 3.54. The second kappa shape index (κ2) is 4.85. The number of nitrogens with two attached hydrogens (primary N) is 1. The third kappa shape index (κ3) is 3.07. The van der Waals surface area contributed by atoms with Gasteiger partial charge in [0.1, 0.15) is 5.82 Å². The van der Waals surface area contributed by atoms with Gasteiger partial charge in [-0.1, -0.05) is 13.8 Å². The van der Waals surface area contributed by atoms with Gasteiger partial charge in [0, 0.05) is 0 Å². The minimum absolute atomic E-state index is 0.290. The maximum absolute atomic E-state index is 12.6. The monoisotopic (exact) mass is 271 g/mol. The van der Waals surface area contributed by atoms with Gasteiger partial charge in [-0.15, -0.1) is 0 Å². The van der Waals surface area contributed by atoms with Crippen molar-refractivity contribution in [1.29, 1.82) is 0 Å². The number of hydrogen-bond acceptors (Lipinski definition) is 2. The number of nitrogens with zero attached hydrogens (tertiary/aromatic N) is 1. The summed E-state index contributed by atoms with van der Waals surface area (Å²) in [7, 11) is 0. The number of imidazole rings is 1. The molecule has 0 fully saturated rings. The van der Waals surface area contributed by atoms with Crippen LogP contribution in [0.4, 0.5) is 13.2 Å². The summed E-state index contributed by atoms with van der Waals surface area (Å²) in [5.74, 6) is 0.928. The number of rotatable bonds is 3. The Balaban J connectivity index is 2.35. The van der Waals surface area contributed by atoms with Crippen LogP contribution in [0.25, 0.3) is 11.0 Å². The molecule has 0 saturated carbocycles. The highest BCUT2D eigenvalue weighted by molar-refractivity contribution is 5.76. The minimum atomic E-state index is -4.35. The second-order valence-corrected chi connectivity index (χ2v) is 5.09. The summed E-state index contributed by atoms with van der Waals surface area (Å²) in [4.78, 5) is 7.12. The summed E-state index contributed by atoms with van der Waals surface area (Å²) in [5, 5.41) is 0. The van der Waals surface area contributed by atoms with E-state index in [-0.39, 0.29) is 6.04 Å². The third-order valence-electron chi connectivity index (χ3n) is 2.90. The first kappa shape index (κ1) is 13.9. The van der Waals surface area contributed by atoms with Crippen molar-refractivity contribution >= 4 is 11.0 Å². The van der Waals surface area contributed by atoms with Crippen molar-refractivity contribution in [2.75, 3.05) is 0 Å². The summed E-state index contributed by atoms with van der Waals surface area (Å²) >= 11 is 0. The number of halogens is 3. The van der Waals surface area contributed by atoms with Gasteiger partial charge < -0.3 is 10.7 Å². The molecule has 0 aliphatic rings. The van der Waals surface area contributed by atoms with E-state index in [0.29, 0.717) is 22.8 Å². The van der Waals surface area contributed by atoms with E-state index in [4.69, 9.17) is 5.73 Å². The van der Waals surface area contributed by atoms with Crippen molar-refractivity contribution in [3.8, 4) is 0 Å². The van der Waals surface area contributed by atoms with E-state index in [1.54, 1.807) is 0 Å². The fourth-order valence-electron chi connectivity index (χ4n) is 2.00. The maximum atomic E-state index is 12.6. The fourth-order valence-corrected chi connectivity index (χ4v) is 2.00. The molecule has 0 spiro atoms. The van der Waals surface area contributed by atoms with Gasteiger partial charge in [-0.2, -0.15) is 13.2 Å². The van der Waals surface area contributed by atoms with E-state index in [2.05, 4.69) is 9.97 Å². The van der Waals surface area contributed by atoms with Crippen LogP contribution < -0.4 is 5.73 Å². The smallest absolute Gasteiger partial charge is 0.341 e. The summed E-state index contributed by atoms with van der Waals surface area (Å²) in [6, 6.07) is 3.16. The molecule has 1 heterocycles. The Morgan fingerprint density at radius 1 is 1.32 bits per heavy atom. The Hall–Kier alpha value is -1.56. The largest absolute Gasteiger partial charge is 0.416 e. The zero-order valence-corrected chi connectivity index (χ0v) is 10.8. The van der Waals surface area contributed by atoms with Crippen LogP contribution in [0.15, 0.2) is 18.2 Å². The summed E-state index contributed by atoms with van der Waals surface area (Å²) in [5.41, 5.74) is 6.15. The normalized spacial score (nSPS) is 14.3. The van der Waals surface area contributed by atoms with Crippen LogP contribution in [-0.4, -0.2) is 9.97 Å². The van der Waals surface area contributed by atoms with Gasteiger partial charge in [-0.3, -0.25) is 0 Å². The van der Waals surface area contributed by atoms with Crippen LogP contribution in [0, 0.1) is 5.92 Å². The molecular weight excluding hydrogens is 255 g/mol. The summed E-state index contributed by atoms with van der Waals surface area (Å²) < 4.78 is 37.8. The lowest BCUT2D eigenvalue weighted by molar-refractivity contribution is -0.137. The van der Waals surface area contributed by atoms with Crippen molar-refractivity contribution in [3.63, 3.8) is 0 Å². The number of benzene rings is 1. The molecule has 0 aliphatic carbocycles. The highest BCUT2D eigenvalue weighted by Crippen LogP contribution is 2.31. The highest BCUT2D eigenvalue weighted by atomic mass is 19.4. The topological polar surface area (TPSA) is 54.7 Å². The predicted molar refractivity (Wildman–Crippen MR) is 67.5 cm³/mol. The van der Waals surface area contributed by atoms with Crippen molar-refractivity contribution in [2.24, 2.45) is 11.7 Å². The minimum Gasteiger partial charge on any atom is -0.341 e. The van der Waals surface area contributed by atoms with E-state index in [1.807, 2.05) is 13.8 Å². The van der Waals surface area contributed by atoms with Gasteiger partial charge in [-0.25, -0.2) is 4.98 Å². The number of nitrogens with one attached hydrogen (secondary N) is 1. The Morgan fingerprint density at radius 3 is 2.58 bits per heavy atom. The van der Waals surface area contributed by atoms with E-state index in [0.717, 1.165) is 18.6 Å². The first-order chi connectivity index (χ1) is 8.77. The zero-order chi connectivity index (χ0) is 14.2. The van der Waals surface area contributed by atoms with Crippen LogP contribution in [0.1, 0.15) is 37.7 Å². The molecule has 1 atom stereocenters. The molecule has 1 unspecified atom stereocenters. The second-order valence-electron chi connectivity index (χ2n) is 5.09. The molecule has 1 aromatic carbocycles. The molecular formula is C13H16F3N3. The van der Waals surface area contributed by atoms with Gasteiger partial charge >= 0.3 is 6.18 Å². The molecule has 3 nitrogen and oxygen atoms in total. The standard InChI is InChI=1S/C13H16F3N3/c1-7(2)5-9(17)12-18-10-4-3-8(13(14,15)16)6-11(10)19-12/h3-4,6-7,9H,5,17H2,1-2H3,(H,18,19). The van der Waals surface area contributed by atoms with Crippen LogP contribution in [-0.2, 0) is 6.18 Å². The fraction of sp³-hybridized carbons (Fsp3) is 0.462. The van der Waals surface area contributed by atoms with Crippen LogP contribution in [0.2, 0.25) is 0 Å². The quantitative estimate of drug-likeness (QED) is 0.895. The molecule has 1 aromatic heterocycles. The first-order valence-electron chi connectivity index (χ1n) is 6.10. The van der Waals surface area contributed by atoms with Crippen molar-refractivity contribution in [2.45, 2.75) is 32.5 Å². The molecule has 0 radical (unpaired) electrons. The molecule has 0 amide bonds. The van der Waals surface area contributed by atoms with E-state index < -0.39 is 11.7 Å². The number of H-pyrrole nitrogens is 1. The number of alkyl halides is 3. The van der Waals surface area contributed by atoms with Gasteiger partial charge in [-0.05, 0) is 30.5 Å². The SMILES string of the molecule is CC(C)CC(N)c1nc2ccc(C(F)(F)F)cc2[nH]1. The molecule has 0 bridgehead atoms. The molecule has 104 valence electrons. The van der Waals surface area contributed by atoms with E-state index >= 15 is 0 Å². The highest BCUT2D eigenvalue weighted by Gasteiger charge is 2.30. The Bertz CT molecular complexity index is 572. The molecule has 0 aliphatic heterocycles. The van der Waals surface area contributed by atoms with E-state index in [9.17, 15) is 13.2 Å². The van der Waals surface area contributed by atoms with Crippen molar-refractivity contribution < 1.29 is 13.2 Å². The average molecular weight is 271 g/mol. The number of fused-ring (bicyclic) bond motifs is 1. The molecule has 19 heavy (non-hydrogen) atoms. The zero-order valence-electron chi connectivity index (χ0n) is 10.8. The summed E-state index contributed by atoms with van der Waals surface area (Å²) in [6.45, 7) is 4.06. The van der Waals surface area contributed by atoms with Crippen LogP contribution in [0.3, 0.4) is 0 Å². The molecule has 3 N–H and O–H groups in total. The molecule has 0 saturated heterocycles. The van der Waals surface area contributed by atoms with Gasteiger partial charge in [0.15, 0.2) is 0 Å². The van der Waals surface area contributed by atoms with Gasteiger partial charge in [0.25, 0.3) is 0 Å². The number of aromatic amines is 1. The Morgan fingerprint density at radius 2 is 2.00 bits per heavy atom. The Labute approximate surface area is 109 Å². The first-order valence-corrected chi connectivity index (χ1v) is 6.10. The predicted octanol–water partition coefficient (Wildman–Crippen LogP) is 3.63. The third-order valence-corrected chi connectivity index (χ3v) is 2.90. The molecule has 2 rings (SSSR count). The average Bonchev–Trinajstić information content (AvgIpc) is 2.69. The molecule has 2 aromatic rings. The van der Waals surface area contributed by atoms with Crippen molar-refractivity contribution in [3.05, 3.63) is 29.6 Å². The molecule has 6 heteroatoms. The number of hydrogen-bond donors (Lipinski definition) is 2. The van der Waals surface area contributed by atoms with Gasteiger partial charge in [0.05, 0.1) is 22.6 Å². The van der Waals surface area contributed by atoms with Crippen LogP contribution in [0.5, 0.6) is 0 Å². The van der Waals surface area contributed by atoms with Gasteiger partial charge in [0.2, 0.25) is 0 Å². The van der Waals surface area contributed by atoms with Crippen molar-refractivity contribution in [1.82, 2.24) is 9.97 Å².